The minimum atomic E-state index is -0.142. The zero-order valence-corrected chi connectivity index (χ0v) is 11.1. The number of likely N-dealkylation sites (tertiary alicyclic amines) is 1. The lowest BCUT2D eigenvalue weighted by Gasteiger charge is -2.22. The molecule has 1 aliphatic heterocycles. The van der Waals surface area contributed by atoms with Crippen LogP contribution in [0, 0.1) is 0 Å². The van der Waals surface area contributed by atoms with Gasteiger partial charge in [-0.3, -0.25) is 20.5 Å². The third-order valence-electron chi connectivity index (χ3n) is 3.27. The first-order valence-corrected chi connectivity index (χ1v) is 6.57. The minimum absolute atomic E-state index is 0.131. The Morgan fingerprint density at radius 2 is 2.53 bits per heavy atom. The van der Waals surface area contributed by atoms with Crippen LogP contribution in [0.5, 0.6) is 0 Å². The third kappa shape index (κ3) is 3.42. The van der Waals surface area contributed by atoms with Gasteiger partial charge < -0.3 is 10.2 Å². The van der Waals surface area contributed by atoms with Gasteiger partial charge in [0, 0.05) is 12.7 Å². The van der Waals surface area contributed by atoms with E-state index in [2.05, 4.69) is 15.3 Å². The average Bonchev–Trinajstić information content (AvgIpc) is 2.87. The molecular formula is C13H20N4O2. The van der Waals surface area contributed by atoms with E-state index in [1.165, 1.54) is 0 Å². The smallest absolute Gasteiger partial charge is 0.323 e. The molecule has 2 rings (SSSR count). The highest BCUT2D eigenvalue weighted by Crippen LogP contribution is 2.21. The molecule has 3 N–H and O–H groups in total. The number of nitrogens with zero attached hydrogens (tertiary/aromatic N) is 2. The maximum Gasteiger partial charge on any atom is 0.323 e. The van der Waals surface area contributed by atoms with Crippen molar-refractivity contribution in [3.05, 3.63) is 24.0 Å². The third-order valence-corrected chi connectivity index (χ3v) is 3.27. The Kier molecular flexibility index (Phi) is 4.70. The number of aromatic nitrogens is 1. The number of nitrogens with two attached hydrogens (primary N) is 1. The van der Waals surface area contributed by atoms with Gasteiger partial charge in [0.25, 0.3) is 0 Å². The van der Waals surface area contributed by atoms with Crippen molar-refractivity contribution in [3.63, 3.8) is 0 Å². The second kappa shape index (κ2) is 6.49. The number of ether oxygens (including phenoxy) is 1. The second-order valence-electron chi connectivity index (χ2n) is 4.56. The number of hydrogen-bond donors (Lipinski definition) is 2. The Labute approximate surface area is 112 Å². The van der Waals surface area contributed by atoms with E-state index in [-0.39, 0.29) is 12.0 Å². The van der Waals surface area contributed by atoms with Crippen molar-refractivity contribution in [1.82, 2.24) is 9.88 Å². The van der Waals surface area contributed by atoms with Crippen LogP contribution in [0.3, 0.4) is 0 Å². The van der Waals surface area contributed by atoms with Gasteiger partial charge in [-0.1, -0.05) is 0 Å². The number of nitrogens with one attached hydrogen (secondary N) is 1. The van der Waals surface area contributed by atoms with Gasteiger partial charge in [0.15, 0.2) is 0 Å². The minimum Gasteiger partial charge on any atom is -0.465 e. The number of rotatable bonds is 5. The van der Waals surface area contributed by atoms with E-state index in [4.69, 9.17) is 10.6 Å². The van der Waals surface area contributed by atoms with Crippen LogP contribution in [0.2, 0.25) is 0 Å². The summed E-state index contributed by atoms with van der Waals surface area (Å²) < 4.78 is 5.11. The molecule has 0 saturated carbocycles. The molecule has 6 heteroatoms. The number of nitrogen functional groups attached to an aromatic ring is 1. The predicted molar refractivity (Wildman–Crippen MR) is 72.1 cm³/mol. The number of esters is 1. The molecule has 1 aromatic rings. The van der Waals surface area contributed by atoms with E-state index >= 15 is 0 Å². The van der Waals surface area contributed by atoms with Crippen molar-refractivity contribution in [2.45, 2.75) is 32.4 Å². The molecule has 104 valence electrons. The lowest BCUT2D eigenvalue weighted by atomic mass is 10.2. The van der Waals surface area contributed by atoms with Crippen molar-refractivity contribution in [2.75, 3.05) is 18.6 Å². The van der Waals surface area contributed by atoms with E-state index in [0.29, 0.717) is 13.2 Å². The molecule has 0 bridgehead atoms. The SMILES string of the molecule is CCOC(=O)C1CCCN1Cc1cc(NN)ccn1. The van der Waals surface area contributed by atoms with Crippen LogP contribution in [-0.4, -0.2) is 35.0 Å². The Hall–Kier alpha value is -1.66. The van der Waals surface area contributed by atoms with Gasteiger partial charge >= 0.3 is 5.97 Å². The van der Waals surface area contributed by atoms with Crippen molar-refractivity contribution in [3.8, 4) is 0 Å². The van der Waals surface area contributed by atoms with E-state index in [0.717, 1.165) is 30.8 Å². The van der Waals surface area contributed by atoms with Crippen LogP contribution in [0.1, 0.15) is 25.5 Å². The molecule has 19 heavy (non-hydrogen) atoms. The summed E-state index contributed by atoms with van der Waals surface area (Å²) in [5, 5.41) is 0. The topological polar surface area (TPSA) is 80.5 Å². The molecule has 2 heterocycles. The maximum atomic E-state index is 11.9. The van der Waals surface area contributed by atoms with Gasteiger partial charge in [0.05, 0.1) is 18.0 Å². The molecule has 0 amide bonds. The highest BCUT2D eigenvalue weighted by molar-refractivity contribution is 5.76. The lowest BCUT2D eigenvalue weighted by molar-refractivity contribution is -0.148. The summed E-state index contributed by atoms with van der Waals surface area (Å²) >= 11 is 0. The lowest BCUT2D eigenvalue weighted by Crippen LogP contribution is -2.37. The van der Waals surface area contributed by atoms with Gasteiger partial charge in [0.2, 0.25) is 0 Å². The van der Waals surface area contributed by atoms with Crippen LogP contribution >= 0.6 is 0 Å². The number of anilines is 1. The summed E-state index contributed by atoms with van der Waals surface area (Å²) in [5.41, 5.74) is 4.31. The highest BCUT2D eigenvalue weighted by atomic mass is 16.5. The molecule has 1 unspecified atom stereocenters. The fraction of sp³-hybridized carbons (Fsp3) is 0.538. The molecule has 1 aliphatic rings. The zero-order chi connectivity index (χ0) is 13.7. The van der Waals surface area contributed by atoms with E-state index in [1.807, 2.05) is 13.0 Å². The summed E-state index contributed by atoms with van der Waals surface area (Å²) in [6, 6.07) is 3.55. The van der Waals surface area contributed by atoms with Crippen LogP contribution in [0.15, 0.2) is 18.3 Å². The molecule has 1 saturated heterocycles. The van der Waals surface area contributed by atoms with E-state index in [1.54, 1.807) is 12.3 Å². The fourth-order valence-electron chi connectivity index (χ4n) is 2.38. The quantitative estimate of drug-likeness (QED) is 0.467. The highest BCUT2D eigenvalue weighted by Gasteiger charge is 2.31. The van der Waals surface area contributed by atoms with Crippen LogP contribution in [-0.2, 0) is 16.1 Å². The first-order valence-electron chi connectivity index (χ1n) is 6.57. The van der Waals surface area contributed by atoms with Crippen LogP contribution in [0.4, 0.5) is 5.69 Å². The Morgan fingerprint density at radius 1 is 1.68 bits per heavy atom. The van der Waals surface area contributed by atoms with Crippen molar-refractivity contribution in [1.29, 1.82) is 0 Å². The monoisotopic (exact) mass is 264 g/mol. The predicted octanol–water partition coefficient (Wildman–Crippen LogP) is 0.895. The standard InChI is InChI=1S/C13H20N4O2/c1-2-19-13(18)12-4-3-7-17(12)9-11-8-10(16-14)5-6-15-11/h5-6,8,12H,2-4,7,9,14H2,1H3,(H,15,16). The molecule has 1 aromatic heterocycles. The van der Waals surface area contributed by atoms with Crippen molar-refractivity contribution >= 4 is 11.7 Å². The van der Waals surface area contributed by atoms with E-state index < -0.39 is 0 Å². The van der Waals surface area contributed by atoms with Gasteiger partial charge in [-0.25, -0.2) is 0 Å². The molecule has 6 nitrogen and oxygen atoms in total. The van der Waals surface area contributed by atoms with Gasteiger partial charge in [-0.05, 0) is 38.4 Å². The fourth-order valence-corrected chi connectivity index (χ4v) is 2.38. The summed E-state index contributed by atoms with van der Waals surface area (Å²) in [7, 11) is 0. The molecule has 0 aliphatic carbocycles. The Bertz CT molecular complexity index is 438. The molecule has 1 atom stereocenters. The first kappa shape index (κ1) is 13.8. The summed E-state index contributed by atoms with van der Waals surface area (Å²) in [6.07, 6.45) is 3.58. The van der Waals surface area contributed by atoms with Gasteiger partial charge in [0.1, 0.15) is 6.04 Å². The van der Waals surface area contributed by atoms with Gasteiger partial charge in [-0.15, -0.1) is 0 Å². The number of hydrazine groups is 1. The van der Waals surface area contributed by atoms with E-state index in [9.17, 15) is 4.79 Å². The van der Waals surface area contributed by atoms with Crippen molar-refractivity contribution < 1.29 is 9.53 Å². The number of hydrogen-bond acceptors (Lipinski definition) is 6. The largest absolute Gasteiger partial charge is 0.465 e. The number of pyridine rings is 1. The maximum absolute atomic E-state index is 11.9. The first-order chi connectivity index (χ1) is 9.24. The molecule has 0 aromatic carbocycles. The zero-order valence-electron chi connectivity index (χ0n) is 11.1. The normalized spacial score (nSPS) is 19.4. The molecule has 1 fully saturated rings. The number of carbonyl (C=O) groups excluding carboxylic acids is 1. The summed E-state index contributed by atoms with van der Waals surface area (Å²) in [6.45, 7) is 3.79. The van der Waals surface area contributed by atoms with Crippen LogP contribution in [0.25, 0.3) is 0 Å². The molecular weight excluding hydrogens is 244 g/mol. The summed E-state index contributed by atoms with van der Waals surface area (Å²) in [5.74, 6) is 5.25. The Morgan fingerprint density at radius 3 is 3.26 bits per heavy atom. The Balaban J connectivity index is 2.02. The van der Waals surface area contributed by atoms with Gasteiger partial charge in [-0.2, -0.15) is 0 Å². The summed E-state index contributed by atoms with van der Waals surface area (Å²) in [4.78, 5) is 18.3. The number of carbonyl (C=O) groups is 1. The van der Waals surface area contributed by atoms with Crippen LogP contribution < -0.4 is 11.3 Å². The second-order valence-corrected chi connectivity index (χ2v) is 4.56. The average molecular weight is 264 g/mol. The molecule has 0 spiro atoms. The van der Waals surface area contributed by atoms with Crippen molar-refractivity contribution in [2.24, 2.45) is 5.84 Å². The molecule has 0 radical (unpaired) electrons.